The van der Waals surface area contributed by atoms with Crippen LogP contribution in [0.5, 0.6) is 0 Å². The lowest BCUT2D eigenvalue weighted by atomic mass is 10.1. The minimum atomic E-state index is -0.133. The first kappa shape index (κ1) is 16.9. The number of morpholine rings is 1. The lowest BCUT2D eigenvalue weighted by Crippen LogP contribution is -2.41. The first-order valence-electron chi connectivity index (χ1n) is 9.12. The number of thiazole rings is 1. The first-order chi connectivity index (χ1) is 12.2. The summed E-state index contributed by atoms with van der Waals surface area (Å²) in [6.07, 6.45) is 3.83. The van der Waals surface area contributed by atoms with Crippen molar-refractivity contribution in [3.05, 3.63) is 9.88 Å². The van der Waals surface area contributed by atoms with Gasteiger partial charge in [0.05, 0.1) is 13.2 Å². The van der Waals surface area contributed by atoms with E-state index in [1.54, 1.807) is 4.90 Å². The highest BCUT2D eigenvalue weighted by Crippen LogP contribution is 2.37. The fourth-order valence-electron chi connectivity index (χ4n) is 3.31. The molecule has 1 saturated heterocycles. The minimum absolute atomic E-state index is 0.133. The van der Waals surface area contributed by atoms with Crippen LogP contribution in [0, 0.1) is 5.92 Å². The van der Waals surface area contributed by atoms with Gasteiger partial charge >= 0.3 is 0 Å². The Kier molecular flexibility index (Phi) is 5.00. The van der Waals surface area contributed by atoms with Crippen LogP contribution in [0.15, 0.2) is 0 Å². The van der Waals surface area contributed by atoms with Crippen molar-refractivity contribution < 1.29 is 14.3 Å². The average molecular weight is 364 g/mol. The molecule has 1 aromatic rings. The van der Waals surface area contributed by atoms with Gasteiger partial charge in [0, 0.05) is 43.5 Å². The van der Waals surface area contributed by atoms with Gasteiger partial charge in [-0.25, -0.2) is 4.98 Å². The first-order valence-corrected chi connectivity index (χ1v) is 9.93. The van der Waals surface area contributed by atoms with E-state index in [9.17, 15) is 9.59 Å². The van der Waals surface area contributed by atoms with Crippen LogP contribution >= 0.6 is 11.3 Å². The second-order valence-electron chi connectivity index (χ2n) is 6.84. The molecule has 3 aliphatic rings. The molecular formula is C17H24N4O3S. The number of carbonyl (C=O) groups excluding carboxylic acids is 2. The highest BCUT2D eigenvalue weighted by Gasteiger charge is 2.37. The van der Waals surface area contributed by atoms with Crippen molar-refractivity contribution in [2.24, 2.45) is 5.92 Å². The maximum atomic E-state index is 12.4. The summed E-state index contributed by atoms with van der Waals surface area (Å²) in [5.74, 6) is 0.960. The van der Waals surface area contributed by atoms with E-state index < -0.39 is 0 Å². The van der Waals surface area contributed by atoms with Crippen LogP contribution in [0.1, 0.15) is 33.9 Å². The number of amides is 2. The van der Waals surface area contributed by atoms with E-state index in [0.29, 0.717) is 11.6 Å². The van der Waals surface area contributed by atoms with Gasteiger partial charge in [-0.2, -0.15) is 0 Å². The third kappa shape index (κ3) is 3.86. The summed E-state index contributed by atoms with van der Waals surface area (Å²) >= 11 is 1.43. The molecule has 1 aliphatic carbocycles. The van der Waals surface area contributed by atoms with Crippen molar-refractivity contribution in [2.45, 2.75) is 25.7 Å². The van der Waals surface area contributed by atoms with Crippen LogP contribution in [-0.2, 0) is 16.0 Å². The number of hydrogen-bond acceptors (Lipinski definition) is 6. The predicted octanol–water partition coefficient (Wildman–Crippen LogP) is 0.894. The molecule has 1 saturated carbocycles. The summed E-state index contributed by atoms with van der Waals surface area (Å²) in [7, 11) is 0. The number of nitrogens with zero attached hydrogens (tertiary/aromatic N) is 3. The quantitative estimate of drug-likeness (QED) is 0.840. The van der Waals surface area contributed by atoms with Crippen LogP contribution in [0.4, 0.5) is 5.82 Å². The maximum absolute atomic E-state index is 12.4. The van der Waals surface area contributed by atoms with E-state index in [1.807, 2.05) is 0 Å². The molecule has 1 N–H and O–H groups in total. The summed E-state index contributed by atoms with van der Waals surface area (Å²) in [4.78, 5) is 34.5. The number of carbonyl (C=O) groups is 2. The summed E-state index contributed by atoms with van der Waals surface area (Å²) in [6, 6.07) is 0. The lowest BCUT2D eigenvalue weighted by molar-refractivity contribution is -0.119. The van der Waals surface area contributed by atoms with Crippen molar-refractivity contribution in [3.8, 4) is 0 Å². The van der Waals surface area contributed by atoms with E-state index >= 15 is 0 Å². The number of ether oxygens (including phenoxy) is 1. The number of aryl methyl sites for hydroxylation is 1. The minimum Gasteiger partial charge on any atom is -0.379 e. The molecule has 7 nitrogen and oxygen atoms in total. The Morgan fingerprint density at radius 3 is 2.80 bits per heavy atom. The molecule has 0 unspecified atom stereocenters. The fourth-order valence-corrected chi connectivity index (χ4v) is 4.34. The standard InChI is InChI=1S/C17H24N4O3S/c22-15(18-5-7-20-8-10-24-11-9-20)16-19-14-13(25-16)2-1-6-21(14)17(23)12-3-4-12/h12H,1-11H2,(H,18,22). The van der Waals surface area contributed by atoms with E-state index in [-0.39, 0.29) is 17.7 Å². The Morgan fingerprint density at radius 1 is 1.24 bits per heavy atom. The normalized spacial score (nSPS) is 21.0. The van der Waals surface area contributed by atoms with Crippen molar-refractivity contribution in [3.63, 3.8) is 0 Å². The van der Waals surface area contributed by atoms with Gasteiger partial charge in [-0.3, -0.25) is 19.4 Å². The van der Waals surface area contributed by atoms with Gasteiger partial charge in [0.15, 0.2) is 5.01 Å². The molecule has 0 aromatic carbocycles. The van der Waals surface area contributed by atoms with Crippen LogP contribution in [0.25, 0.3) is 0 Å². The number of hydrogen-bond donors (Lipinski definition) is 1. The van der Waals surface area contributed by atoms with Crippen molar-refractivity contribution in [1.29, 1.82) is 0 Å². The van der Waals surface area contributed by atoms with Crippen LogP contribution in [0.2, 0.25) is 0 Å². The third-order valence-electron chi connectivity index (χ3n) is 4.92. The molecule has 4 rings (SSSR count). The molecule has 2 amide bonds. The van der Waals surface area contributed by atoms with Crippen LogP contribution in [-0.4, -0.2) is 67.6 Å². The summed E-state index contributed by atoms with van der Waals surface area (Å²) < 4.78 is 5.32. The summed E-state index contributed by atoms with van der Waals surface area (Å²) in [5, 5.41) is 3.43. The molecule has 0 radical (unpaired) electrons. The van der Waals surface area contributed by atoms with Gasteiger partial charge in [0.1, 0.15) is 5.82 Å². The number of nitrogens with one attached hydrogen (secondary N) is 1. The SMILES string of the molecule is O=C(NCCN1CCOCC1)c1nc2c(s1)CCCN2C(=O)C1CC1. The molecule has 0 atom stereocenters. The third-order valence-corrected chi connectivity index (χ3v) is 6.03. The predicted molar refractivity (Wildman–Crippen MR) is 95.1 cm³/mol. The van der Waals surface area contributed by atoms with E-state index in [1.165, 1.54) is 11.3 Å². The second-order valence-corrected chi connectivity index (χ2v) is 7.93. The van der Waals surface area contributed by atoms with Gasteiger partial charge in [-0.05, 0) is 25.7 Å². The zero-order chi connectivity index (χ0) is 17.2. The van der Waals surface area contributed by atoms with E-state index in [0.717, 1.165) is 75.8 Å². The topological polar surface area (TPSA) is 74.8 Å². The highest BCUT2D eigenvalue weighted by molar-refractivity contribution is 7.14. The van der Waals surface area contributed by atoms with Gasteiger partial charge in [0.2, 0.25) is 5.91 Å². The lowest BCUT2D eigenvalue weighted by Gasteiger charge is -2.26. The maximum Gasteiger partial charge on any atom is 0.280 e. The summed E-state index contributed by atoms with van der Waals surface area (Å²) in [6.45, 7) is 5.51. The van der Waals surface area contributed by atoms with Crippen LogP contribution < -0.4 is 10.2 Å². The molecule has 25 heavy (non-hydrogen) atoms. The second kappa shape index (κ2) is 7.39. The smallest absolute Gasteiger partial charge is 0.280 e. The number of anilines is 1. The monoisotopic (exact) mass is 364 g/mol. The molecule has 136 valence electrons. The molecule has 8 heteroatoms. The van der Waals surface area contributed by atoms with Crippen molar-refractivity contribution in [1.82, 2.24) is 15.2 Å². The Bertz CT molecular complexity index is 652. The Balaban J connectivity index is 1.36. The Morgan fingerprint density at radius 2 is 2.04 bits per heavy atom. The highest BCUT2D eigenvalue weighted by atomic mass is 32.1. The summed E-state index contributed by atoms with van der Waals surface area (Å²) in [5.41, 5.74) is 0. The Hall–Kier alpha value is -1.51. The Labute approximate surface area is 151 Å². The van der Waals surface area contributed by atoms with E-state index in [4.69, 9.17) is 4.74 Å². The van der Waals surface area contributed by atoms with Gasteiger partial charge in [-0.1, -0.05) is 0 Å². The largest absolute Gasteiger partial charge is 0.379 e. The molecule has 0 spiro atoms. The molecule has 1 aromatic heterocycles. The number of rotatable bonds is 5. The average Bonchev–Trinajstić information content (AvgIpc) is 3.39. The number of aromatic nitrogens is 1. The molecular weight excluding hydrogens is 340 g/mol. The zero-order valence-electron chi connectivity index (χ0n) is 14.3. The van der Waals surface area contributed by atoms with Crippen LogP contribution in [0.3, 0.4) is 0 Å². The van der Waals surface area contributed by atoms with Gasteiger partial charge < -0.3 is 10.1 Å². The molecule has 2 fully saturated rings. The zero-order valence-corrected chi connectivity index (χ0v) is 15.1. The van der Waals surface area contributed by atoms with Gasteiger partial charge in [-0.15, -0.1) is 11.3 Å². The molecule has 2 aliphatic heterocycles. The molecule has 3 heterocycles. The van der Waals surface area contributed by atoms with Crippen molar-refractivity contribution in [2.75, 3.05) is 50.8 Å². The fraction of sp³-hybridized carbons (Fsp3) is 0.706. The van der Waals surface area contributed by atoms with Gasteiger partial charge in [0.25, 0.3) is 5.91 Å². The van der Waals surface area contributed by atoms with E-state index in [2.05, 4.69) is 15.2 Å². The number of fused-ring (bicyclic) bond motifs is 1. The van der Waals surface area contributed by atoms with Crippen molar-refractivity contribution >= 4 is 29.0 Å². The molecule has 0 bridgehead atoms.